The zero-order valence-corrected chi connectivity index (χ0v) is 19.6. The van der Waals surface area contributed by atoms with Crippen molar-refractivity contribution in [3.63, 3.8) is 0 Å². The van der Waals surface area contributed by atoms with Gasteiger partial charge in [0.1, 0.15) is 0 Å². The van der Waals surface area contributed by atoms with Crippen molar-refractivity contribution in [1.29, 1.82) is 0 Å². The molecule has 1 saturated heterocycles. The number of hydrogen-bond donors (Lipinski definition) is 1. The number of nitrogens with one attached hydrogen (secondary N) is 1. The van der Waals surface area contributed by atoms with Gasteiger partial charge in [-0.15, -0.1) is 10.2 Å². The number of anilines is 1. The molecule has 1 aliphatic rings. The Kier molecular flexibility index (Phi) is 7.53. The molecule has 0 unspecified atom stereocenters. The van der Waals surface area contributed by atoms with Crippen molar-refractivity contribution in [2.45, 2.75) is 15.8 Å². The molecule has 1 aromatic heterocycles. The highest BCUT2D eigenvalue weighted by Crippen LogP contribution is 2.27. The van der Waals surface area contributed by atoms with Gasteiger partial charge in [0.25, 0.3) is 0 Å². The van der Waals surface area contributed by atoms with Crippen molar-refractivity contribution < 1.29 is 17.9 Å². The summed E-state index contributed by atoms with van der Waals surface area (Å²) >= 11 is 2.71. The quantitative estimate of drug-likeness (QED) is 0.361. The summed E-state index contributed by atoms with van der Waals surface area (Å²) in [6.07, 6.45) is 0. The fraction of sp³-hybridized carbons (Fsp3) is 0.286. The number of aromatic nitrogens is 2. The Hall–Kier alpha value is -2.31. The second kappa shape index (κ2) is 10.5. The average Bonchev–Trinajstić information content (AvgIpc) is 3.30. The number of rotatable bonds is 9. The largest absolute Gasteiger partial charge is 0.379 e. The summed E-state index contributed by atoms with van der Waals surface area (Å²) in [7, 11) is -3.57. The van der Waals surface area contributed by atoms with E-state index in [1.807, 2.05) is 30.3 Å². The van der Waals surface area contributed by atoms with Crippen LogP contribution in [0.25, 0.3) is 0 Å². The molecule has 4 rings (SSSR count). The number of carbonyl (C=O) groups excluding carboxylic acids is 1. The minimum Gasteiger partial charge on any atom is -0.379 e. The van der Waals surface area contributed by atoms with E-state index in [0.717, 1.165) is 5.56 Å². The number of hydrogen-bond acceptors (Lipinski definition) is 9. The molecule has 1 N–H and O–H groups in total. The van der Waals surface area contributed by atoms with E-state index in [0.29, 0.717) is 47.9 Å². The lowest BCUT2D eigenvalue weighted by Gasteiger charge is -2.26. The molecule has 2 heterocycles. The summed E-state index contributed by atoms with van der Waals surface area (Å²) in [5.74, 6) is 0.0994. The minimum absolute atomic E-state index is 0.0979. The summed E-state index contributed by atoms with van der Waals surface area (Å²) in [5, 5.41) is 12.1. The Labute approximate surface area is 195 Å². The third-order valence-electron chi connectivity index (χ3n) is 4.80. The molecule has 8 nitrogen and oxygen atoms in total. The molecule has 3 aromatic rings. The Bertz CT molecular complexity index is 1150. The first-order chi connectivity index (χ1) is 15.5. The van der Waals surface area contributed by atoms with Gasteiger partial charge in [0, 0.05) is 25.2 Å². The maximum Gasteiger partial charge on any atom is 0.243 e. The normalized spacial score (nSPS) is 14.9. The van der Waals surface area contributed by atoms with Gasteiger partial charge >= 0.3 is 0 Å². The maximum atomic E-state index is 12.7. The van der Waals surface area contributed by atoms with E-state index in [-0.39, 0.29) is 16.4 Å². The maximum absolute atomic E-state index is 12.7. The summed E-state index contributed by atoms with van der Waals surface area (Å²) in [4.78, 5) is 12.7. The first kappa shape index (κ1) is 22.9. The van der Waals surface area contributed by atoms with Crippen LogP contribution in [-0.4, -0.2) is 60.8 Å². The van der Waals surface area contributed by atoms with Gasteiger partial charge in [-0.3, -0.25) is 4.79 Å². The van der Waals surface area contributed by atoms with Gasteiger partial charge < -0.3 is 10.1 Å². The molecule has 32 heavy (non-hydrogen) atoms. The van der Waals surface area contributed by atoms with Crippen LogP contribution in [0.4, 0.5) is 5.13 Å². The number of thioether (sulfide) groups is 1. The van der Waals surface area contributed by atoms with Gasteiger partial charge in [0.05, 0.1) is 23.9 Å². The molecular weight excluding hydrogens is 468 g/mol. The van der Waals surface area contributed by atoms with Crippen LogP contribution in [0.5, 0.6) is 0 Å². The number of ketones is 1. The van der Waals surface area contributed by atoms with Crippen LogP contribution in [0.1, 0.15) is 15.9 Å². The van der Waals surface area contributed by atoms with Crippen LogP contribution >= 0.6 is 23.1 Å². The molecule has 0 aliphatic carbocycles. The predicted octanol–water partition coefficient (Wildman–Crippen LogP) is 3.15. The summed E-state index contributed by atoms with van der Waals surface area (Å²) in [6, 6.07) is 16.1. The molecule has 168 valence electrons. The number of ether oxygens (including phenoxy) is 1. The summed E-state index contributed by atoms with van der Waals surface area (Å²) < 4.78 is 32.7. The van der Waals surface area contributed by atoms with E-state index in [1.54, 1.807) is 12.1 Å². The van der Waals surface area contributed by atoms with E-state index in [1.165, 1.54) is 39.5 Å². The second-order valence-electron chi connectivity index (χ2n) is 6.96. The fourth-order valence-electron chi connectivity index (χ4n) is 3.07. The van der Waals surface area contributed by atoms with Crippen LogP contribution in [-0.2, 0) is 21.3 Å². The van der Waals surface area contributed by atoms with Gasteiger partial charge in [0.2, 0.25) is 15.2 Å². The van der Waals surface area contributed by atoms with E-state index >= 15 is 0 Å². The molecular formula is C21H22N4O4S3. The van der Waals surface area contributed by atoms with Gasteiger partial charge in [-0.25, -0.2) is 8.42 Å². The highest BCUT2D eigenvalue weighted by molar-refractivity contribution is 8.01. The van der Waals surface area contributed by atoms with Crippen LogP contribution in [0.15, 0.2) is 63.8 Å². The fourth-order valence-corrected chi connectivity index (χ4v) is 6.12. The molecule has 0 atom stereocenters. The molecule has 0 radical (unpaired) electrons. The second-order valence-corrected chi connectivity index (χ2v) is 11.1. The van der Waals surface area contributed by atoms with E-state index < -0.39 is 10.0 Å². The zero-order chi connectivity index (χ0) is 22.4. The summed E-state index contributed by atoms with van der Waals surface area (Å²) in [5.41, 5.74) is 1.61. The monoisotopic (exact) mass is 490 g/mol. The number of benzene rings is 2. The van der Waals surface area contributed by atoms with Crippen molar-refractivity contribution in [2.75, 3.05) is 37.4 Å². The molecule has 1 fully saturated rings. The Morgan fingerprint density at radius 3 is 2.50 bits per heavy atom. The first-order valence-electron chi connectivity index (χ1n) is 9.97. The molecule has 1 aliphatic heterocycles. The minimum atomic E-state index is -3.57. The Balaban J connectivity index is 1.30. The van der Waals surface area contributed by atoms with Gasteiger partial charge in [-0.05, 0) is 17.7 Å². The SMILES string of the molecule is O=C(CSc1nnc(NCc2ccccc2)s1)c1ccc(S(=O)(=O)N2CCOCC2)cc1. The standard InChI is InChI=1S/C21H22N4O4S3/c26-19(15-30-21-24-23-20(31-21)22-14-16-4-2-1-3-5-16)17-6-8-18(9-7-17)32(27,28)25-10-12-29-13-11-25/h1-9H,10-15H2,(H,22,23). The molecule has 0 saturated carbocycles. The zero-order valence-electron chi connectivity index (χ0n) is 17.1. The Morgan fingerprint density at radius 2 is 1.78 bits per heavy atom. The average molecular weight is 491 g/mol. The number of Topliss-reactive ketones (excluding diaryl/α,β-unsaturated/α-hetero) is 1. The third kappa shape index (κ3) is 5.73. The number of carbonyl (C=O) groups is 1. The first-order valence-corrected chi connectivity index (χ1v) is 13.2. The molecule has 0 spiro atoms. The third-order valence-corrected chi connectivity index (χ3v) is 8.73. The van der Waals surface area contributed by atoms with E-state index in [4.69, 9.17) is 4.74 Å². The lowest BCUT2D eigenvalue weighted by molar-refractivity contribution is 0.0730. The smallest absolute Gasteiger partial charge is 0.243 e. The van der Waals surface area contributed by atoms with Crippen molar-refractivity contribution in [2.24, 2.45) is 0 Å². The van der Waals surface area contributed by atoms with Crippen molar-refractivity contribution in [3.8, 4) is 0 Å². The number of nitrogens with zero attached hydrogens (tertiary/aromatic N) is 3. The molecule has 0 amide bonds. The highest BCUT2D eigenvalue weighted by Gasteiger charge is 2.26. The van der Waals surface area contributed by atoms with Gasteiger partial charge in [-0.2, -0.15) is 4.31 Å². The Morgan fingerprint density at radius 1 is 1.06 bits per heavy atom. The molecule has 0 bridgehead atoms. The van der Waals surface area contributed by atoms with Gasteiger partial charge in [0.15, 0.2) is 10.1 Å². The van der Waals surface area contributed by atoms with E-state index in [9.17, 15) is 13.2 Å². The van der Waals surface area contributed by atoms with Crippen LogP contribution in [0.2, 0.25) is 0 Å². The number of sulfonamides is 1. The van der Waals surface area contributed by atoms with Crippen LogP contribution < -0.4 is 5.32 Å². The topological polar surface area (TPSA) is 101 Å². The lowest BCUT2D eigenvalue weighted by atomic mass is 10.1. The number of morpholine rings is 1. The van der Waals surface area contributed by atoms with Crippen LogP contribution in [0, 0.1) is 0 Å². The predicted molar refractivity (Wildman–Crippen MR) is 125 cm³/mol. The van der Waals surface area contributed by atoms with Crippen molar-refractivity contribution >= 4 is 44.0 Å². The van der Waals surface area contributed by atoms with Crippen LogP contribution in [0.3, 0.4) is 0 Å². The summed E-state index contributed by atoms with van der Waals surface area (Å²) in [6.45, 7) is 2.11. The highest BCUT2D eigenvalue weighted by atomic mass is 32.2. The lowest BCUT2D eigenvalue weighted by Crippen LogP contribution is -2.40. The van der Waals surface area contributed by atoms with Crippen molar-refractivity contribution in [1.82, 2.24) is 14.5 Å². The van der Waals surface area contributed by atoms with Crippen molar-refractivity contribution in [3.05, 3.63) is 65.7 Å². The molecule has 11 heteroatoms. The van der Waals surface area contributed by atoms with E-state index in [2.05, 4.69) is 15.5 Å². The molecule has 2 aromatic carbocycles. The van der Waals surface area contributed by atoms with Gasteiger partial charge in [-0.1, -0.05) is 65.6 Å².